The van der Waals surface area contributed by atoms with Crippen molar-refractivity contribution in [1.29, 1.82) is 0 Å². The number of halogens is 3. The van der Waals surface area contributed by atoms with E-state index >= 15 is 0 Å². The zero-order valence-electron chi connectivity index (χ0n) is 5.75. The molecule has 0 aliphatic carbocycles. The van der Waals surface area contributed by atoms with Crippen LogP contribution in [0, 0.1) is 0 Å². The molecule has 0 bridgehead atoms. The van der Waals surface area contributed by atoms with Crippen LogP contribution in [0.25, 0.3) is 0 Å². The summed E-state index contributed by atoms with van der Waals surface area (Å²) in [7, 11) is 0. The second-order valence-corrected chi connectivity index (χ2v) is 11.5. The van der Waals surface area contributed by atoms with Gasteiger partial charge in [-0.15, -0.1) is 33.2 Å². The summed E-state index contributed by atoms with van der Waals surface area (Å²) in [6.45, 7) is 0.738. The zero-order valence-corrected chi connectivity index (χ0v) is 9.01. The van der Waals surface area contributed by atoms with Crippen molar-refractivity contribution in [2.45, 2.75) is 25.3 Å². The normalized spacial score (nSPS) is 12.0. The minimum atomic E-state index is -2.33. The van der Waals surface area contributed by atoms with E-state index in [-0.39, 0.29) is 0 Å². The van der Waals surface area contributed by atoms with Gasteiger partial charge in [0.15, 0.2) is 0 Å². The van der Waals surface area contributed by atoms with Gasteiger partial charge in [-0.2, -0.15) is 0 Å². The fourth-order valence-electron chi connectivity index (χ4n) is 0.647. The largest absolute Gasteiger partial charge is 0.341 e. The molecule has 5 heteroatoms. The molecule has 10 heavy (non-hydrogen) atoms. The lowest BCUT2D eigenvalue weighted by Gasteiger charge is -2.05. The van der Waals surface area contributed by atoms with Crippen LogP contribution in [0.1, 0.15) is 19.3 Å². The highest BCUT2D eigenvalue weighted by Gasteiger charge is 2.23. The van der Waals surface area contributed by atoms with Crippen molar-refractivity contribution in [1.82, 2.24) is 0 Å². The molecule has 0 aliphatic heterocycles. The SMILES string of the molecule is NCCCCC[Si](Cl)(Cl)Cl. The highest BCUT2D eigenvalue weighted by atomic mass is 35.8. The third-order valence-electron chi connectivity index (χ3n) is 1.16. The Labute approximate surface area is 76.9 Å². The van der Waals surface area contributed by atoms with Gasteiger partial charge < -0.3 is 5.73 Å². The highest BCUT2D eigenvalue weighted by molar-refractivity contribution is 7.64. The Morgan fingerprint density at radius 2 is 1.60 bits per heavy atom. The maximum absolute atomic E-state index is 5.65. The molecule has 0 aliphatic rings. The third kappa shape index (κ3) is 9.05. The lowest BCUT2D eigenvalue weighted by Crippen LogP contribution is -2.08. The lowest BCUT2D eigenvalue weighted by atomic mass is 10.2. The molecule has 0 aromatic carbocycles. The second-order valence-electron chi connectivity index (χ2n) is 2.21. The van der Waals surface area contributed by atoms with Crippen LogP contribution in [0.4, 0.5) is 0 Å². The van der Waals surface area contributed by atoms with Gasteiger partial charge in [-0.3, -0.25) is 0 Å². The molecule has 0 fully saturated rings. The Kier molecular flexibility index (Phi) is 6.26. The first-order valence-electron chi connectivity index (χ1n) is 3.33. The summed E-state index contributed by atoms with van der Waals surface area (Å²) in [6, 6.07) is -1.57. The van der Waals surface area contributed by atoms with E-state index in [1.807, 2.05) is 0 Å². The van der Waals surface area contributed by atoms with Gasteiger partial charge >= 0.3 is 6.00 Å². The molecule has 0 saturated carbocycles. The van der Waals surface area contributed by atoms with E-state index in [9.17, 15) is 0 Å². The fourth-order valence-corrected chi connectivity index (χ4v) is 2.50. The Morgan fingerprint density at radius 1 is 1.00 bits per heavy atom. The molecular formula is C5H12Cl3NSi. The predicted molar refractivity (Wildman–Crippen MR) is 51.0 cm³/mol. The first kappa shape index (κ1) is 11.0. The maximum atomic E-state index is 5.65. The minimum absolute atomic E-state index is 0.738. The van der Waals surface area contributed by atoms with Gasteiger partial charge in [0, 0.05) is 0 Å². The molecule has 0 aromatic heterocycles. The number of rotatable bonds is 5. The lowest BCUT2D eigenvalue weighted by molar-refractivity contribution is 0.725. The number of hydrogen-bond donors (Lipinski definition) is 1. The van der Waals surface area contributed by atoms with E-state index in [2.05, 4.69) is 0 Å². The first-order chi connectivity index (χ1) is 4.56. The van der Waals surface area contributed by atoms with E-state index in [4.69, 9.17) is 39.0 Å². The average molecular weight is 221 g/mol. The second kappa shape index (κ2) is 5.67. The van der Waals surface area contributed by atoms with Crippen LogP contribution in [0.2, 0.25) is 6.04 Å². The van der Waals surface area contributed by atoms with Crippen molar-refractivity contribution in [3.8, 4) is 0 Å². The molecule has 0 amide bonds. The standard InChI is InChI=1S/C5H12Cl3NSi/c6-10(7,8)5-3-1-2-4-9/h1-5,9H2. The predicted octanol–water partition coefficient (Wildman–Crippen LogP) is 2.77. The summed E-state index contributed by atoms with van der Waals surface area (Å²) in [5.41, 5.74) is 5.29. The van der Waals surface area contributed by atoms with Gasteiger partial charge in [-0.05, 0) is 19.0 Å². The smallest absolute Gasteiger partial charge is 0.330 e. The number of unbranched alkanes of at least 4 members (excludes halogenated alkanes) is 2. The summed E-state index contributed by atoms with van der Waals surface area (Å²) in [4.78, 5) is 0. The molecule has 2 N–H and O–H groups in total. The van der Waals surface area contributed by atoms with Gasteiger partial charge in [-0.25, -0.2) is 0 Å². The molecule has 0 unspecified atom stereocenters. The monoisotopic (exact) mass is 219 g/mol. The molecule has 0 aromatic rings. The van der Waals surface area contributed by atoms with Crippen molar-refractivity contribution < 1.29 is 0 Å². The third-order valence-corrected chi connectivity index (χ3v) is 3.79. The molecule has 0 radical (unpaired) electrons. The number of nitrogens with two attached hydrogens (primary N) is 1. The van der Waals surface area contributed by atoms with Crippen LogP contribution in [-0.2, 0) is 0 Å². The summed E-state index contributed by atoms with van der Waals surface area (Å²) >= 11 is 17.0. The van der Waals surface area contributed by atoms with Crippen molar-refractivity contribution in [3.63, 3.8) is 0 Å². The minimum Gasteiger partial charge on any atom is -0.330 e. The Morgan fingerprint density at radius 3 is 2.00 bits per heavy atom. The van der Waals surface area contributed by atoms with Gasteiger partial charge in [0.05, 0.1) is 0 Å². The Hall–Kier alpha value is 1.05. The van der Waals surface area contributed by atoms with Crippen molar-refractivity contribution in [3.05, 3.63) is 0 Å². The molecule has 0 spiro atoms. The molecular weight excluding hydrogens is 209 g/mol. The van der Waals surface area contributed by atoms with Crippen LogP contribution in [0.3, 0.4) is 0 Å². The van der Waals surface area contributed by atoms with E-state index in [0.29, 0.717) is 0 Å². The van der Waals surface area contributed by atoms with Crippen molar-refractivity contribution in [2.24, 2.45) is 5.73 Å². The maximum Gasteiger partial charge on any atom is 0.341 e. The molecule has 0 rings (SSSR count). The van der Waals surface area contributed by atoms with E-state index in [1.54, 1.807) is 0 Å². The molecule has 0 heterocycles. The van der Waals surface area contributed by atoms with Gasteiger partial charge in [0.25, 0.3) is 0 Å². The van der Waals surface area contributed by atoms with Crippen molar-refractivity contribution >= 4 is 39.2 Å². The molecule has 62 valence electrons. The quantitative estimate of drug-likeness (QED) is 0.430. The molecule has 0 saturated heterocycles. The molecule has 1 nitrogen and oxygen atoms in total. The van der Waals surface area contributed by atoms with Crippen molar-refractivity contribution in [2.75, 3.05) is 6.54 Å². The van der Waals surface area contributed by atoms with Crippen LogP contribution >= 0.6 is 33.2 Å². The van der Waals surface area contributed by atoms with E-state index in [1.165, 1.54) is 0 Å². The Balaban J connectivity index is 3.04. The zero-order chi connectivity index (χ0) is 8.04. The molecule has 0 atom stereocenters. The van der Waals surface area contributed by atoms with Gasteiger partial charge in [-0.1, -0.05) is 12.8 Å². The van der Waals surface area contributed by atoms with Crippen LogP contribution in [0.15, 0.2) is 0 Å². The van der Waals surface area contributed by atoms with Gasteiger partial charge in [0.2, 0.25) is 0 Å². The highest BCUT2D eigenvalue weighted by Crippen LogP contribution is 2.27. The topological polar surface area (TPSA) is 26.0 Å². The summed E-state index contributed by atoms with van der Waals surface area (Å²) < 4.78 is 0. The summed E-state index contributed by atoms with van der Waals surface area (Å²) in [5.74, 6) is 0. The van der Waals surface area contributed by atoms with E-state index in [0.717, 1.165) is 31.9 Å². The van der Waals surface area contributed by atoms with E-state index < -0.39 is 6.00 Å². The summed E-state index contributed by atoms with van der Waals surface area (Å²) in [5, 5.41) is 0. The van der Waals surface area contributed by atoms with Crippen LogP contribution in [0.5, 0.6) is 0 Å². The number of hydrogen-bond acceptors (Lipinski definition) is 1. The van der Waals surface area contributed by atoms with Crippen LogP contribution in [-0.4, -0.2) is 12.5 Å². The first-order valence-corrected chi connectivity index (χ1v) is 8.57. The van der Waals surface area contributed by atoms with Crippen LogP contribution < -0.4 is 5.73 Å². The fraction of sp³-hybridized carbons (Fsp3) is 1.00. The average Bonchev–Trinajstić information content (AvgIpc) is 1.78. The van der Waals surface area contributed by atoms with Gasteiger partial charge in [0.1, 0.15) is 0 Å². The summed E-state index contributed by atoms with van der Waals surface area (Å²) in [6.07, 6.45) is 3.12. The Bertz CT molecular complexity index is 83.5.